The minimum atomic E-state index is -0.581. The van der Waals surface area contributed by atoms with Crippen molar-refractivity contribution in [2.75, 3.05) is 0 Å². The third-order valence-corrected chi connectivity index (χ3v) is 2.27. The van der Waals surface area contributed by atoms with E-state index in [0.29, 0.717) is 11.5 Å². The zero-order chi connectivity index (χ0) is 13.0. The van der Waals surface area contributed by atoms with Crippen LogP contribution in [0.2, 0.25) is 0 Å². The van der Waals surface area contributed by atoms with Crippen LogP contribution in [0.5, 0.6) is 5.75 Å². The first-order valence-corrected chi connectivity index (χ1v) is 5.57. The summed E-state index contributed by atoms with van der Waals surface area (Å²) in [6, 6.07) is 2.83. The summed E-state index contributed by atoms with van der Waals surface area (Å²) < 4.78 is 12.2. The average molecular weight is 251 g/mol. The maximum atomic E-state index is 10.4. The van der Waals surface area contributed by atoms with Crippen LogP contribution in [0.15, 0.2) is 28.9 Å². The summed E-state index contributed by atoms with van der Waals surface area (Å²) in [5.74, 6) is 0.739. The summed E-state index contributed by atoms with van der Waals surface area (Å²) >= 11 is 0. The number of aryl methyl sites for hydroxylation is 1. The van der Waals surface area contributed by atoms with E-state index in [2.05, 4.69) is 12.0 Å². The van der Waals surface area contributed by atoms with Gasteiger partial charge < -0.3 is 9.15 Å². The summed E-state index contributed by atoms with van der Waals surface area (Å²) in [5, 5.41) is 14.5. The normalized spacial score (nSPS) is 10.5. The largest absolute Gasteiger partial charge is 0.482 e. The molecule has 0 unspecified atom stereocenters. The van der Waals surface area contributed by atoms with Crippen molar-refractivity contribution in [2.45, 2.75) is 26.5 Å². The van der Waals surface area contributed by atoms with Crippen LogP contribution in [-0.4, -0.2) is 14.7 Å². The van der Waals surface area contributed by atoms with Gasteiger partial charge in [0.1, 0.15) is 17.3 Å². The first-order valence-electron chi connectivity index (χ1n) is 5.57. The van der Waals surface area contributed by atoms with Gasteiger partial charge in [-0.3, -0.25) is 14.8 Å². The Morgan fingerprint density at radius 1 is 1.56 bits per heavy atom. The van der Waals surface area contributed by atoms with Crippen molar-refractivity contribution in [3.63, 3.8) is 0 Å². The highest BCUT2D eigenvalue weighted by Gasteiger charge is 2.12. The van der Waals surface area contributed by atoms with Crippen molar-refractivity contribution >= 4 is 5.88 Å². The Kier molecular flexibility index (Phi) is 3.61. The van der Waals surface area contributed by atoms with E-state index >= 15 is 0 Å². The van der Waals surface area contributed by atoms with Gasteiger partial charge in [0.05, 0.1) is 18.5 Å². The maximum Gasteiger partial charge on any atom is 0.433 e. The van der Waals surface area contributed by atoms with E-state index in [0.717, 1.165) is 13.0 Å². The molecule has 0 saturated carbocycles. The molecule has 0 N–H and O–H groups in total. The van der Waals surface area contributed by atoms with Crippen molar-refractivity contribution < 1.29 is 14.1 Å². The molecule has 0 amide bonds. The smallest absolute Gasteiger partial charge is 0.433 e. The average Bonchev–Trinajstić information content (AvgIpc) is 2.95. The monoisotopic (exact) mass is 251 g/mol. The van der Waals surface area contributed by atoms with Gasteiger partial charge in [-0.25, -0.2) is 0 Å². The van der Waals surface area contributed by atoms with Crippen LogP contribution in [0, 0.1) is 10.1 Å². The molecular weight excluding hydrogens is 238 g/mol. The molecule has 2 aromatic rings. The summed E-state index contributed by atoms with van der Waals surface area (Å²) in [5.41, 5.74) is 0. The second-order valence-electron chi connectivity index (χ2n) is 3.72. The quantitative estimate of drug-likeness (QED) is 0.581. The number of nitro groups is 1. The second kappa shape index (κ2) is 5.35. The lowest BCUT2D eigenvalue weighted by Crippen LogP contribution is -1.96. The fraction of sp³-hybridized carbons (Fsp3) is 0.364. The Labute approximate surface area is 103 Å². The summed E-state index contributed by atoms with van der Waals surface area (Å²) in [7, 11) is 0. The zero-order valence-electron chi connectivity index (χ0n) is 9.91. The molecule has 0 aliphatic carbocycles. The number of furan rings is 1. The van der Waals surface area contributed by atoms with Crippen LogP contribution >= 0.6 is 0 Å². The fourth-order valence-electron chi connectivity index (χ4n) is 1.47. The molecule has 0 aliphatic rings. The van der Waals surface area contributed by atoms with Crippen molar-refractivity contribution in [3.8, 4) is 5.75 Å². The minimum absolute atomic E-state index is 0.145. The topological polar surface area (TPSA) is 83.3 Å². The molecule has 7 heteroatoms. The number of rotatable bonds is 6. The molecule has 2 heterocycles. The van der Waals surface area contributed by atoms with Crippen molar-refractivity contribution in [1.82, 2.24) is 9.78 Å². The molecular formula is C11H13N3O4. The van der Waals surface area contributed by atoms with Crippen LogP contribution < -0.4 is 4.74 Å². The molecule has 7 nitrogen and oxygen atoms in total. The lowest BCUT2D eigenvalue weighted by atomic mass is 10.5. The third-order valence-electron chi connectivity index (χ3n) is 2.27. The van der Waals surface area contributed by atoms with Crippen molar-refractivity contribution in [2.24, 2.45) is 0 Å². The van der Waals surface area contributed by atoms with E-state index in [1.165, 1.54) is 12.1 Å². The Bertz CT molecular complexity index is 532. The van der Waals surface area contributed by atoms with E-state index in [1.54, 1.807) is 17.1 Å². The SMILES string of the molecule is CCCn1cc(OCc2ccc([N+](=O)[O-])o2)cn1. The predicted molar refractivity (Wildman–Crippen MR) is 62.2 cm³/mol. The molecule has 0 radical (unpaired) electrons. The molecule has 0 atom stereocenters. The van der Waals surface area contributed by atoms with Gasteiger partial charge >= 0.3 is 5.88 Å². The number of ether oxygens (including phenoxy) is 1. The lowest BCUT2D eigenvalue weighted by molar-refractivity contribution is -0.402. The van der Waals surface area contributed by atoms with E-state index < -0.39 is 4.92 Å². The van der Waals surface area contributed by atoms with Crippen LogP contribution in [0.3, 0.4) is 0 Å². The first kappa shape index (κ1) is 12.2. The van der Waals surface area contributed by atoms with Crippen molar-refractivity contribution in [1.29, 1.82) is 0 Å². The molecule has 96 valence electrons. The highest BCUT2D eigenvalue weighted by Crippen LogP contribution is 2.18. The minimum Gasteiger partial charge on any atom is -0.482 e. The molecule has 0 aliphatic heterocycles. The molecule has 0 saturated heterocycles. The number of hydrogen-bond donors (Lipinski definition) is 0. The molecule has 18 heavy (non-hydrogen) atoms. The zero-order valence-corrected chi connectivity index (χ0v) is 9.91. The van der Waals surface area contributed by atoms with E-state index in [4.69, 9.17) is 9.15 Å². The van der Waals surface area contributed by atoms with Crippen LogP contribution in [0.4, 0.5) is 5.88 Å². The molecule has 0 fully saturated rings. The Hall–Kier alpha value is -2.31. The van der Waals surface area contributed by atoms with E-state index in [-0.39, 0.29) is 12.5 Å². The predicted octanol–water partition coefficient (Wildman–Crippen LogP) is 2.37. The summed E-state index contributed by atoms with van der Waals surface area (Å²) in [4.78, 5) is 9.84. The Balaban J connectivity index is 1.91. The number of hydrogen-bond acceptors (Lipinski definition) is 5. The molecule has 0 spiro atoms. The second-order valence-corrected chi connectivity index (χ2v) is 3.72. The standard InChI is InChI=1S/C11H13N3O4/c1-2-5-13-7-10(6-12-13)17-8-9-3-4-11(18-9)14(15)16/h3-4,6-7H,2,5,8H2,1H3. The highest BCUT2D eigenvalue weighted by atomic mass is 16.6. The first-order chi connectivity index (χ1) is 8.69. The lowest BCUT2D eigenvalue weighted by Gasteiger charge is -1.99. The third kappa shape index (κ3) is 2.88. The van der Waals surface area contributed by atoms with Gasteiger partial charge in [-0.15, -0.1) is 0 Å². The van der Waals surface area contributed by atoms with Crippen LogP contribution in [0.25, 0.3) is 0 Å². The van der Waals surface area contributed by atoms with Gasteiger partial charge in [0.15, 0.2) is 5.75 Å². The van der Waals surface area contributed by atoms with E-state index in [1.807, 2.05) is 0 Å². The van der Waals surface area contributed by atoms with E-state index in [9.17, 15) is 10.1 Å². The molecule has 0 aromatic carbocycles. The van der Waals surface area contributed by atoms with Gasteiger partial charge in [0, 0.05) is 6.54 Å². The fourth-order valence-corrected chi connectivity index (χ4v) is 1.47. The molecule has 0 bridgehead atoms. The van der Waals surface area contributed by atoms with Crippen molar-refractivity contribution in [3.05, 3.63) is 40.4 Å². The highest BCUT2D eigenvalue weighted by molar-refractivity contribution is 5.18. The van der Waals surface area contributed by atoms with Gasteiger partial charge in [-0.2, -0.15) is 5.10 Å². The van der Waals surface area contributed by atoms with Crippen LogP contribution in [0.1, 0.15) is 19.1 Å². The Morgan fingerprint density at radius 2 is 2.39 bits per heavy atom. The van der Waals surface area contributed by atoms with Gasteiger partial charge in [-0.1, -0.05) is 6.92 Å². The maximum absolute atomic E-state index is 10.4. The number of aromatic nitrogens is 2. The van der Waals surface area contributed by atoms with Gasteiger partial charge in [0.2, 0.25) is 0 Å². The van der Waals surface area contributed by atoms with Gasteiger partial charge in [-0.05, 0) is 12.5 Å². The summed E-state index contributed by atoms with van der Waals surface area (Å²) in [6.45, 7) is 3.03. The molecule has 2 rings (SSSR count). The van der Waals surface area contributed by atoms with Gasteiger partial charge in [0.25, 0.3) is 0 Å². The Morgan fingerprint density at radius 3 is 3.06 bits per heavy atom. The molecule has 2 aromatic heterocycles. The van der Waals surface area contributed by atoms with Crippen LogP contribution in [-0.2, 0) is 13.2 Å². The number of nitrogens with zero attached hydrogens (tertiary/aromatic N) is 3. The summed E-state index contributed by atoms with van der Waals surface area (Å²) in [6.07, 6.45) is 4.37.